The van der Waals surface area contributed by atoms with Gasteiger partial charge in [-0.05, 0) is 24.6 Å². The molecule has 0 atom stereocenters. The number of hydrogen-bond donors (Lipinski definition) is 1. The van der Waals surface area contributed by atoms with E-state index in [9.17, 15) is 8.78 Å². The van der Waals surface area contributed by atoms with Crippen LogP contribution in [0.1, 0.15) is 16.7 Å². The Morgan fingerprint density at radius 3 is 2.63 bits per heavy atom. The highest BCUT2D eigenvalue weighted by Gasteiger charge is 2.12. The zero-order valence-corrected chi connectivity index (χ0v) is 10.4. The van der Waals surface area contributed by atoms with Crippen LogP contribution < -0.4 is 5.32 Å². The SMILES string of the molecule is Cc1cccc(CNc2ccc(C#N)c(F)c2F)c1. The highest BCUT2D eigenvalue weighted by atomic mass is 19.2. The van der Waals surface area contributed by atoms with Gasteiger partial charge in [-0.1, -0.05) is 29.8 Å². The van der Waals surface area contributed by atoms with Gasteiger partial charge in [0.05, 0.1) is 11.3 Å². The summed E-state index contributed by atoms with van der Waals surface area (Å²) >= 11 is 0. The molecule has 0 radical (unpaired) electrons. The van der Waals surface area contributed by atoms with Crippen LogP contribution in [-0.2, 0) is 6.54 Å². The lowest BCUT2D eigenvalue weighted by Crippen LogP contribution is -2.04. The summed E-state index contributed by atoms with van der Waals surface area (Å²) in [4.78, 5) is 0. The highest BCUT2D eigenvalue weighted by Crippen LogP contribution is 2.20. The third-order valence-corrected chi connectivity index (χ3v) is 2.77. The van der Waals surface area contributed by atoms with Gasteiger partial charge in [-0.25, -0.2) is 8.78 Å². The standard InChI is InChI=1S/C15H12F2N2/c1-10-3-2-4-11(7-10)9-19-13-6-5-12(8-18)14(16)15(13)17/h2-7,19H,9H2,1H3. The zero-order chi connectivity index (χ0) is 13.8. The average molecular weight is 258 g/mol. The molecular weight excluding hydrogens is 246 g/mol. The molecule has 0 heterocycles. The van der Waals surface area contributed by atoms with E-state index in [1.165, 1.54) is 12.1 Å². The second kappa shape index (κ2) is 5.49. The molecule has 2 aromatic carbocycles. The van der Waals surface area contributed by atoms with E-state index in [1.54, 1.807) is 6.07 Å². The van der Waals surface area contributed by atoms with Gasteiger partial charge in [0.25, 0.3) is 0 Å². The fourth-order valence-corrected chi connectivity index (χ4v) is 1.79. The molecule has 0 aromatic heterocycles. The van der Waals surface area contributed by atoms with Crippen molar-refractivity contribution in [1.29, 1.82) is 5.26 Å². The Morgan fingerprint density at radius 2 is 1.95 bits per heavy atom. The van der Waals surface area contributed by atoms with Gasteiger partial charge in [0.2, 0.25) is 0 Å². The maximum absolute atomic E-state index is 13.6. The summed E-state index contributed by atoms with van der Waals surface area (Å²) in [6, 6.07) is 12.0. The van der Waals surface area contributed by atoms with Crippen molar-refractivity contribution >= 4 is 5.69 Å². The van der Waals surface area contributed by atoms with Crippen molar-refractivity contribution in [3.63, 3.8) is 0 Å². The van der Waals surface area contributed by atoms with Gasteiger partial charge in [-0.3, -0.25) is 0 Å². The topological polar surface area (TPSA) is 35.8 Å². The van der Waals surface area contributed by atoms with Crippen molar-refractivity contribution in [2.45, 2.75) is 13.5 Å². The Kier molecular flexibility index (Phi) is 3.76. The number of halogens is 2. The number of rotatable bonds is 3. The van der Waals surface area contributed by atoms with Gasteiger partial charge in [0, 0.05) is 6.54 Å². The molecule has 19 heavy (non-hydrogen) atoms. The molecule has 0 fully saturated rings. The van der Waals surface area contributed by atoms with Crippen LogP contribution in [0.25, 0.3) is 0 Å². The summed E-state index contributed by atoms with van der Waals surface area (Å²) in [7, 11) is 0. The summed E-state index contributed by atoms with van der Waals surface area (Å²) < 4.78 is 27.1. The van der Waals surface area contributed by atoms with Gasteiger partial charge < -0.3 is 5.32 Å². The third-order valence-electron chi connectivity index (χ3n) is 2.77. The normalized spacial score (nSPS) is 10.0. The second-order valence-electron chi connectivity index (χ2n) is 4.24. The number of anilines is 1. The van der Waals surface area contributed by atoms with E-state index in [0.717, 1.165) is 11.1 Å². The molecular formula is C15H12F2N2. The number of nitrogens with one attached hydrogen (secondary N) is 1. The van der Waals surface area contributed by atoms with Crippen LogP contribution in [0.3, 0.4) is 0 Å². The van der Waals surface area contributed by atoms with Crippen LogP contribution in [0.2, 0.25) is 0 Å². The Bertz CT molecular complexity index is 645. The van der Waals surface area contributed by atoms with E-state index in [1.807, 2.05) is 31.2 Å². The van der Waals surface area contributed by atoms with E-state index in [0.29, 0.717) is 6.54 Å². The number of nitriles is 1. The Labute approximate surface area is 110 Å². The summed E-state index contributed by atoms with van der Waals surface area (Å²) in [5, 5.41) is 11.4. The monoisotopic (exact) mass is 258 g/mol. The molecule has 0 unspecified atom stereocenters. The molecule has 0 spiro atoms. The van der Waals surface area contributed by atoms with Crippen LogP contribution in [0.4, 0.5) is 14.5 Å². The van der Waals surface area contributed by atoms with E-state index < -0.39 is 11.6 Å². The minimum absolute atomic E-state index is 0.0537. The number of benzene rings is 2. The molecule has 2 rings (SSSR count). The van der Waals surface area contributed by atoms with Crippen molar-refractivity contribution in [1.82, 2.24) is 0 Å². The van der Waals surface area contributed by atoms with Crippen LogP contribution in [0.5, 0.6) is 0 Å². The lowest BCUT2D eigenvalue weighted by molar-refractivity contribution is 0.508. The van der Waals surface area contributed by atoms with Crippen molar-refractivity contribution in [2.75, 3.05) is 5.32 Å². The molecule has 2 nitrogen and oxygen atoms in total. The van der Waals surface area contributed by atoms with Gasteiger partial charge in [-0.15, -0.1) is 0 Å². The molecule has 1 N–H and O–H groups in total. The maximum atomic E-state index is 13.6. The average Bonchev–Trinajstić information content (AvgIpc) is 2.41. The van der Waals surface area contributed by atoms with Crippen molar-refractivity contribution in [3.05, 3.63) is 64.7 Å². The van der Waals surface area contributed by atoms with E-state index in [-0.39, 0.29) is 11.3 Å². The zero-order valence-electron chi connectivity index (χ0n) is 10.4. The molecule has 0 aliphatic heterocycles. The summed E-state index contributed by atoms with van der Waals surface area (Å²) in [6.07, 6.45) is 0. The van der Waals surface area contributed by atoms with Crippen molar-refractivity contribution < 1.29 is 8.78 Å². The lowest BCUT2D eigenvalue weighted by Gasteiger charge is -2.09. The number of nitrogens with zero attached hydrogens (tertiary/aromatic N) is 1. The molecule has 96 valence electrons. The summed E-state index contributed by atoms with van der Waals surface area (Å²) in [6.45, 7) is 2.36. The van der Waals surface area contributed by atoms with Gasteiger partial charge >= 0.3 is 0 Å². The second-order valence-corrected chi connectivity index (χ2v) is 4.24. The van der Waals surface area contributed by atoms with Gasteiger partial charge in [-0.2, -0.15) is 5.26 Å². The maximum Gasteiger partial charge on any atom is 0.183 e. The minimum atomic E-state index is -1.11. The Hall–Kier alpha value is -2.41. The highest BCUT2D eigenvalue weighted by molar-refractivity contribution is 5.50. The first-order valence-electron chi connectivity index (χ1n) is 5.79. The van der Waals surface area contributed by atoms with Crippen LogP contribution in [-0.4, -0.2) is 0 Å². The molecule has 0 saturated heterocycles. The smallest absolute Gasteiger partial charge is 0.183 e. The quantitative estimate of drug-likeness (QED) is 0.909. The van der Waals surface area contributed by atoms with Gasteiger partial charge in [0.1, 0.15) is 6.07 Å². The first-order valence-corrected chi connectivity index (χ1v) is 5.79. The van der Waals surface area contributed by atoms with E-state index in [4.69, 9.17) is 5.26 Å². The Balaban J connectivity index is 2.17. The molecule has 2 aromatic rings. The molecule has 0 bridgehead atoms. The van der Waals surface area contributed by atoms with E-state index >= 15 is 0 Å². The summed E-state index contributed by atoms with van der Waals surface area (Å²) in [5.74, 6) is -2.14. The fraction of sp³-hybridized carbons (Fsp3) is 0.133. The fourth-order valence-electron chi connectivity index (χ4n) is 1.79. The minimum Gasteiger partial charge on any atom is -0.379 e. The Morgan fingerprint density at radius 1 is 1.16 bits per heavy atom. The molecule has 0 aliphatic rings. The lowest BCUT2D eigenvalue weighted by atomic mass is 10.1. The van der Waals surface area contributed by atoms with Crippen LogP contribution in [0, 0.1) is 29.9 Å². The number of aryl methyl sites for hydroxylation is 1. The summed E-state index contributed by atoms with van der Waals surface area (Å²) in [5.41, 5.74) is 1.84. The number of hydrogen-bond acceptors (Lipinski definition) is 2. The first-order chi connectivity index (χ1) is 9.11. The van der Waals surface area contributed by atoms with Crippen LogP contribution >= 0.6 is 0 Å². The molecule has 0 saturated carbocycles. The van der Waals surface area contributed by atoms with Gasteiger partial charge in [0.15, 0.2) is 11.6 Å². The van der Waals surface area contributed by atoms with Crippen molar-refractivity contribution in [2.24, 2.45) is 0 Å². The molecule has 4 heteroatoms. The predicted molar refractivity (Wildman–Crippen MR) is 69.6 cm³/mol. The van der Waals surface area contributed by atoms with Crippen molar-refractivity contribution in [3.8, 4) is 6.07 Å². The van der Waals surface area contributed by atoms with Crippen LogP contribution in [0.15, 0.2) is 36.4 Å². The molecule has 0 amide bonds. The predicted octanol–water partition coefficient (Wildman–Crippen LogP) is 3.76. The first kappa shape index (κ1) is 13.0. The largest absolute Gasteiger partial charge is 0.379 e. The third kappa shape index (κ3) is 2.89. The van der Waals surface area contributed by atoms with E-state index in [2.05, 4.69) is 5.32 Å². The molecule has 0 aliphatic carbocycles.